The highest BCUT2D eigenvalue weighted by Crippen LogP contribution is 2.27. The topological polar surface area (TPSA) is 101 Å². The molecule has 4 N–H and O–H groups in total. The van der Waals surface area contributed by atoms with E-state index in [9.17, 15) is 13.2 Å². The van der Waals surface area contributed by atoms with Crippen molar-refractivity contribution >= 4 is 21.6 Å². The number of amides is 1. The molecule has 7 heteroatoms. The van der Waals surface area contributed by atoms with Crippen LogP contribution in [0.15, 0.2) is 23.1 Å². The minimum atomic E-state index is -3.54. The predicted octanol–water partition coefficient (Wildman–Crippen LogP) is 1.36. The minimum Gasteiger partial charge on any atom is -0.327 e. The van der Waals surface area contributed by atoms with Crippen LogP contribution < -0.4 is 15.8 Å². The smallest absolute Gasteiger partial charge is 0.240 e. The van der Waals surface area contributed by atoms with Crippen LogP contribution in [0.25, 0.3) is 0 Å². The minimum absolute atomic E-state index is 0.0870. The van der Waals surface area contributed by atoms with E-state index in [4.69, 9.17) is 5.73 Å². The predicted molar refractivity (Wildman–Crippen MR) is 86.0 cm³/mol. The first kappa shape index (κ1) is 16.9. The molecule has 0 heterocycles. The molecule has 1 amide bonds. The highest BCUT2D eigenvalue weighted by Gasteiger charge is 2.26. The van der Waals surface area contributed by atoms with Gasteiger partial charge >= 0.3 is 0 Å². The molecular weight excluding hydrogens is 302 g/mol. The Morgan fingerprint density at radius 1 is 1.36 bits per heavy atom. The van der Waals surface area contributed by atoms with E-state index in [0.29, 0.717) is 17.7 Å². The summed E-state index contributed by atoms with van der Waals surface area (Å²) < 4.78 is 26.2. The van der Waals surface area contributed by atoms with Crippen LogP contribution in [0, 0.1) is 12.8 Å². The van der Waals surface area contributed by atoms with Crippen LogP contribution in [0.5, 0.6) is 0 Å². The fourth-order valence-electron chi connectivity index (χ4n) is 2.85. The van der Waals surface area contributed by atoms with Crippen molar-refractivity contribution in [3.8, 4) is 0 Å². The molecule has 1 saturated carbocycles. The van der Waals surface area contributed by atoms with Gasteiger partial charge in [-0.15, -0.1) is 0 Å². The molecule has 0 aromatic heterocycles. The van der Waals surface area contributed by atoms with Crippen LogP contribution in [0.1, 0.15) is 31.2 Å². The number of aryl methyl sites for hydroxylation is 1. The van der Waals surface area contributed by atoms with E-state index in [-0.39, 0.29) is 22.8 Å². The molecule has 1 aliphatic rings. The zero-order chi connectivity index (χ0) is 16.3. The van der Waals surface area contributed by atoms with Crippen molar-refractivity contribution in [3.63, 3.8) is 0 Å². The average molecular weight is 325 g/mol. The SMILES string of the molecule is CNS(=O)(=O)c1cc(NC(=O)C[C@@H]2CCC[C@H]2N)ccc1C. The first-order valence-corrected chi connectivity index (χ1v) is 8.91. The average Bonchev–Trinajstić information content (AvgIpc) is 2.86. The molecule has 22 heavy (non-hydrogen) atoms. The van der Waals surface area contributed by atoms with Gasteiger partial charge in [0.25, 0.3) is 0 Å². The number of hydrogen-bond donors (Lipinski definition) is 3. The summed E-state index contributed by atoms with van der Waals surface area (Å²) in [6.07, 6.45) is 3.38. The van der Waals surface area contributed by atoms with Crippen molar-refractivity contribution in [2.24, 2.45) is 11.7 Å². The lowest BCUT2D eigenvalue weighted by molar-refractivity contribution is -0.117. The van der Waals surface area contributed by atoms with Crippen LogP contribution in [0.2, 0.25) is 0 Å². The Hall–Kier alpha value is -1.44. The second-order valence-electron chi connectivity index (χ2n) is 5.79. The van der Waals surface area contributed by atoms with Gasteiger partial charge in [0.1, 0.15) is 0 Å². The van der Waals surface area contributed by atoms with Gasteiger partial charge in [-0.25, -0.2) is 13.1 Å². The molecule has 1 aromatic carbocycles. The molecule has 0 aliphatic heterocycles. The van der Waals surface area contributed by atoms with Crippen LogP contribution in [-0.2, 0) is 14.8 Å². The standard InChI is InChI=1S/C15H23N3O3S/c1-10-6-7-12(9-14(10)22(20,21)17-2)18-15(19)8-11-4-3-5-13(11)16/h6-7,9,11,13,17H,3-5,8,16H2,1-2H3,(H,18,19)/t11-,13+/m0/s1. The van der Waals surface area contributed by atoms with Crippen molar-refractivity contribution in [2.75, 3.05) is 12.4 Å². The van der Waals surface area contributed by atoms with E-state index < -0.39 is 10.0 Å². The molecule has 0 unspecified atom stereocenters. The third-order valence-corrected chi connectivity index (χ3v) is 5.75. The van der Waals surface area contributed by atoms with Gasteiger partial charge < -0.3 is 11.1 Å². The molecule has 2 atom stereocenters. The summed E-state index contributed by atoms with van der Waals surface area (Å²) in [5.74, 6) is 0.0879. The van der Waals surface area contributed by atoms with Gasteiger partial charge in [-0.2, -0.15) is 0 Å². The van der Waals surface area contributed by atoms with Crippen molar-refractivity contribution in [1.29, 1.82) is 0 Å². The Labute approximate surface area is 131 Å². The number of benzene rings is 1. The third-order valence-electron chi connectivity index (χ3n) is 4.20. The second kappa shape index (κ2) is 6.76. The maximum absolute atomic E-state index is 12.1. The monoisotopic (exact) mass is 325 g/mol. The van der Waals surface area contributed by atoms with E-state index in [1.54, 1.807) is 19.1 Å². The number of carbonyl (C=O) groups is 1. The molecule has 122 valence electrons. The van der Waals surface area contributed by atoms with E-state index in [2.05, 4.69) is 10.0 Å². The molecule has 0 saturated heterocycles. The lowest BCUT2D eigenvalue weighted by atomic mass is 10.00. The number of rotatable bonds is 5. The highest BCUT2D eigenvalue weighted by molar-refractivity contribution is 7.89. The van der Waals surface area contributed by atoms with E-state index in [1.165, 1.54) is 13.1 Å². The van der Waals surface area contributed by atoms with Crippen LogP contribution in [0.4, 0.5) is 5.69 Å². The maximum atomic E-state index is 12.1. The van der Waals surface area contributed by atoms with Crippen molar-refractivity contribution in [2.45, 2.75) is 43.5 Å². The first-order valence-electron chi connectivity index (χ1n) is 7.43. The normalized spacial score (nSPS) is 21.8. The van der Waals surface area contributed by atoms with Crippen molar-refractivity contribution in [3.05, 3.63) is 23.8 Å². The molecule has 6 nitrogen and oxygen atoms in total. The number of anilines is 1. The van der Waals surface area contributed by atoms with E-state index in [1.807, 2.05) is 0 Å². The molecular formula is C15H23N3O3S. The number of nitrogens with two attached hydrogens (primary N) is 1. The fraction of sp³-hybridized carbons (Fsp3) is 0.533. The molecule has 1 aliphatic carbocycles. The van der Waals surface area contributed by atoms with Gasteiger partial charge in [0.15, 0.2) is 0 Å². The fourth-order valence-corrected chi connectivity index (χ4v) is 3.84. The molecule has 1 aromatic rings. The lowest BCUT2D eigenvalue weighted by Crippen LogP contribution is -2.28. The largest absolute Gasteiger partial charge is 0.327 e. The maximum Gasteiger partial charge on any atom is 0.240 e. The summed E-state index contributed by atoms with van der Waals surface area (Å²) in [5.41, 5.74) is 7.08. The van der Waals surface area contributed by atoms with Gasteiger partial charge in [0, 0.05) is 18.2 Å². The Morgan fingerprint density at radius 2 is 2.09 bits per heavy atom. The van der Waals surface area contributed by atoms with Crippen molar-refractivity contribution < 1.29 is 13.2 Å². The van der Waals surface area contributed by atoms with Gasteiger partial charge in [-0.05, 0) is 50.4 Å². The Morgan fingerprint density at radius 3 is 2.68 bits per heavy atom. The second-order valence-corrected chi connectivity index (χ2v) is 7.65. The van der Waals surface area contributed by atoms with Gasteiger partial charge in [0.2, 0.25) is 15.9 Å². The van der Waals surface area contributed by atoms with E-state index in [0.717, 1.165) is 19.3 Å². The highest BCUT2D eigenvalue weighted by atomic mass is 32.2. The van der Waals surface area contributed by atoms with Crippen LogP contribution in [0.3, 0.4) is 0 Å². The summed E-state index contributed by atoms with van der Waals surface area (Å²) in [6, 6.07) is 4.95. The Bertz CT molecular complexity index is 658. The number of sulfonamides is 1. The molecule has 0 spiro atoms. The number of hydrogen-bond acceptors (Lipinski definition) is 4. The lowest BCUT2D eigenvalue weighted by Gasteiger charge is -2.15. The summed E-state index contributed by atoms with van der Waals surface area (Å²) in [7, 11) is -2.18. The van der Waals surface area contributed by atoms with Gasteiger partial charge in [-0.3, -0.25) is 4.79 Å². The first-order chi connectivity index (χ1) is 10.3. The van der Waals surface area contributed by atoms with Crippen LogP contribution >= 0.6 is 0 Å². The zero-order valence-electron chi connectivity index (χ0n) is 12.9. The zero-order valence-corrected chi connectivity index (χ0v) is 13.7. The van der Waals surface area contributed by atoms with Crippen LogP contribution in [-0.4, -0.2) is 27.4 Å². The summed E-state index contributed by atoms with van der Waals surface area (Å²) in [5, 5.41) is 2.77. The summed E-state index contributed by atoms with van der Waals surface area (Å²) >= 11 is 0. The molecule has 1 fully saturated rings. The quantitative estimate of drug-likeness (QED) is 0.761. The summed E-state index contributed by atoms with van der Waals surface area (Å²) in [6.45, 7) is 1.72. The Kier molecular flexibility index (Phi) is 5.20. The molecule has 0 radical (unpaired) electrons. The van der Waals surface area contributed by atoms with Gasteiger partial charge in [0.05, 0.1) is 4.90 Å². The molecule has 0 bridgehead atoms. The number of nitrogens with one attached hydrogen (secondary N) is 2. The van der Waals surface area contributed by atoms with Gasteiger partial charge in [-0.1, -0.05) is 12.5 Å². The Balaban J connectivity index is 2.10. The molecule has 2 rings (SSSR count). The number of carbonyl (C=O) groups excluding carboxylic acids is 1. The summed E-state index contributed by atoms with van der Waals surface area (Å²) in [4.78, 5) is 12.3. The van der Waals surface area contributed by atoms with E-state index >= 15 is 0 Å². The third kappa shape index (κ3) is 3.85. The van der Waals surface area contributed by atoms with Crippen molar-refractivity contribution in [1.82, 2.24) is 4.72 Å².